The molecule has 0 aromatic carbocycles. The lowest BCUT2D eigenvalue weighted by atomic mass is 10.2. The van der Waals surface area contributed by atoms with Crippen molar-refractivity contribution in [1.29, 1.82) is 0 Å². The van der Waals surface area contributed by atoms with E-state index in [4.69, 9.17) is 4.74 Å². The highest BCUT2D eigenvalue weighted by Gasteiger charge is 2.38. The van der Waals surface area contributed by atoms with Crippen molar-refractivity contribution in [2.45, 2.75) is 64.6 Å². The van der Waals surface area contributed by atoms with Crippen molar-refractivity contribution in [2.75, 3.05) is 6.61 Å². The molecule has 1 rings (SSSR count). The van der Waals surface area contributed by atoms with Gasteiger partial charge in [0.25, 0.3) is 0 Å². The van der Waals surface area contributed by atoms with E-state index in [2.05, 4.69) is 0 Å². The number of rotatable bonds is 4. The standard InChI is InChI=1S/C12H23NO3/c1-5-9(8-14)13(10-6-7-10)11(15)16-12(2,3)4/h9-10,14H,5-8H2,1-4H3. The van der Waals surface area contributed by atoms with Gasteiger partial charge in [-0.15, -0.1) is 0 Å². The van der Waals surface area contributed by atoms with Crippen LogP contribution in [0, 0.1) is 0 Å². The van der Waals surface area contributed by atoms with Gasteiger partial charge in [-0.1, -0.05) is 6.92 Å². The summed E-state index contributed by atoms with van der Waals surface area (Å²) < 4.78 is 5.36. The average molecular weight is 229 g/mol. The number of aliphatic hydroxyl groups excluding tert-OH is 1. The fourth-order valence-electron chi connectivity index (χ4n) is 1.68. The summed E-state index contributed by atoms with van der Waals surface area (Å²) in [6.07, 6.45) is 2.51. The third kappa shape index (κ3) is 3.67. The lowest BCUT2D eigenvalue weighted by Crippen LogP contribution is -2.46. The van der Waals surface area contributed by atoms with Crippen LogP contribution >= 0.6 is 0 Å². The minimum Gasteiger partial charge on any atom is -0.444 e. The molecule has 0 heterocycles. The zero-order valence-corrected chi connectivity index (χ0v) is 10.7. The van der Waals surface area contributed by atoms with E-state index in [9.17, 15) is 9.90 Å². The molecule has 1 aliphatic rings. The third-order valence-corrected chi connectivity index (χ3v) is 2.62. The van der Waals surface area contributed by atoms with Gasteiger partial charge in [0.05, 0.1) is 12.6 Å². The van der Waals surface area contributed by atoms with Gasteiger partial charge < -0.3 is 9.84 Å². The van der Waals surface area contributed by atoms with Gasteiger partial charge in [0.2, 0.25) is 0 Å². The summed E-state index contributed by atoms with van der Waals surface area (Å²) >= 11 is 0. The van der Waals surface area contributed by atoms with Crippen LogP contribution in [0.3, 0.4) is 0 Å². The molecule has 1 N–H and O–H groups in total. The number of hydrogen-bond acceptors (Lipinski definition) is 3. The molecular formula is C12H23NO3. The molecule has 94 valence electrons. The van der Waals surface area contributed by atoms with Crippen LogP contribution in [0.25, 0.3) is 0 Å². The summed E-state index contributed by atoms with van der Waals surface area (Å²) in [5.74, 6) is 0. The highest BCUT2D eigenvalue weighted by Crippen LogP contribution is 2.30. The third-order valence-electron chi connectivity index (χ3n) is 2.62. The molecule has 1 unspecified atom stereocenters. The predicted molar refractivity (Wildman–Crippen MR) is 62.3 cm³/mol. The highest BCUT2D eigenvalue weighted by molar-refractivity contribution is 5.69. The second-order valence-corrected chi connectivity index (χ2v) is 5.36. The van der Waals surface area contributed by atoms with E-state index >= 15 is 0 Å². The maximum Gasteiger partial charge on any atom is 0.410 e. The van der Waals surface area contributed by atoms with Crippen LogP contribution in [-0.4, -0.2) is 40.4 Å². The Hall–Kier alpha value is -0.770. The predicted octanol–water partition coefficient (Wildman–Crippen LogP) is 2.16. The first-order valence-electron chi connectivity index (χ1n) is 6.01. The Balaban J connectivity index is 2.66. The van der Waals surface area contributed by atoms with Crippen LogP contribution in [0.15, 0.2) is 0 Å². The lowest BCUT2D eigenvalue weighted by molar-refractivity contribution is 0.00641. The molecule has 1 saturated carbocycles. The molecule has 1 aliphatic carbocycles. The highest BCUT2D eigenvalue weighted by atomic mass is 16.6. The van der Waals surface area contributed by atoms with Crippen LogP contribution < -0.4 is 0 Å². The quantitative estimate of drug-likeness (QED) is 0.803. The Morgan fingerprint density at radius 3 is 2.38 bits per heavy atom. The molecule has 16 heavy (non-hydrogen) atoms. The van der Waals surface area contributed by atoms with Gasteiger partial charge in [-0.05, 0) is 40.0 Å². The van der Waals surface area contributed by atoms with Crippen LogP contribution in [0.1, 0.15) is 47.0 Å². The molecule has 0 saturated heterocycles. The Labute approximate surface area is 97.6 Å². The van der Waals surface area contributed by atoms with Crippen LogP contribution in [0.2, 0.25) is 0 Å². The minimum atomic E-state index is -0.474. The molecule has 4 heteroatoms. The molecule has 0 aliphatic heterocycles. The molecule has 1 atom stereocenters. The zero-order chi connectivity index (χ0) is 12.3. The first-order chi connectivity index (χ1) is 7.39. The van der Waals surface area contributed by atoms with Gasteiger partial charge in [0.1, 0.15) is 5.60 Å². The largest absolute Gasteiger partial charge is 0.444 e. The summed E-state index contributed by atoms with van der Waals surface area (Å²) in [7, 11) is 0. The van der Waals surface area contributed by atoms with Gasteiger partial charge in [0, 0.05) is 6.04 Å². The molecule has 0 aromatic heterocycles. The van der Waals surface area contributed by atoms with Crippen molar-refractivity contribution in [3.63, 3.8) is 0 Å². The number of carbonyl (C=O) groups is 1. The number of aliphatic hydroxyl groups is 1. The SMILES string of the molecule is CCC(CO)N(C(=O)OC(C)(C)C)C1CC1. The Morgan fingerprint density at radius 1 is 1.50 bits per heavy atom. The van der Waals surface area contributed by atoms with Gasteiger partial charge >= 0.3 is 6.09 Å². The summed E-state index contributed by atoms with van der Waals surface area (Å²) in [6, 6.07) is 0.161. The summed E-state index contributed by atoms with van der Waals surface area (Å²) in [5, 5.41) is 9.27. The van der Waals surface area contributed by atoms with Crippen molar-refractivity contribution in [1.82, 2.24) is 4.90 Å². The van der Waals surface area contributed by atoms with Crippen molar-refractivity contribution < 1.29 is 14.6 Å². The lowest BCUT2D eigenvalue weighted by Gasteiger charge is -2.32. The number of nitrogens with zero attached hydrogens (tertiary/aromatic N) is 1. The fourth-order valence-corrected chi connectivity index (χ4v) is 1.68. The van der Waals surface area contributed by atoms with E-state index in [-0.39, 0.29) is 24.8 Å². The smallest absolute Gasteiger partial charge is 0.410 e. The molecule has 4 nitrogen and oxygen atoms in total. The molecule has 1 fully saturated rings. The van der Waals surface area contributed by atoms with Crippen molar-refractivity contribution in [3.05, 3.63) is 0 Å². The van der Waals surface area contributed by atoms with Gasteiger partial charge in [-0.2, -0.15) is 0 Å². The van der Waals surface area contributed by atoms with Crippen LogP contribution in [-0.2, 0) is 4.74 Å². The summed E-state index contributed by atoms with van der Waals surface area (Å²) in [6.45, 7) is 7.55. The summed E-state index contributed by atoms with van der Waals surface area (Å²) in [4.78, 5) is 13.7. The maximum absolute atomic E-state index is 12.0. The second kappa shape index (κ2) is 5.04. The monoisotopic (exact) mass is 229 g/mol. The molecule has 0 aromatic rings. The number of ether oxygens (including phenoxy) is 1. The first kappa shape index (κ1) is 13.3. The van der Waals surface area contributed by atoms with E-state index in [1.165, 1.54) is 0 Å². The van der Waals surface area contributed by atoms with Gasteiger partial charge in [-0.3, -0.25) is 4.90 Å². The Kier molecular flexibility index (Phi) is 4.19. The molecule has 0 bridgehead atoms. The van der Waals surface area contributed by atoms with Crippen molar-refractivity contribution in [2.24, 2.45) is 0 Å². The molecule has 0 radical (unpaired) electrons. The van der Waals surface area contributed by atoms with E-state index in [1.54, 1.807) is 4.90 Å². The maximum atomic E-state index is 12.0. The molecule has 0 spiro atoms. The average Bonchev–Trinajstić information content (AvgIpc) is 2.94. The van der Waals surface area contributed by atoms with Gasteiger partial charge in [0.15, 0.2) is 0 Å². The van der Waals surface area contributed by atoms with E-state index in [1.807, 2.05) is 27.7 Å². The first-order valence-corrected chi connectivity index (χ1v) is 6.01. The van der Waals surface area contributed by atoms with Crippen LogP contribution in [0.5, 0.6) is 0 Å². The number of hydrogen-bond donors (Lipinski definition) is 1. The summed E-state index contributed by atoms with van der Waals surface area (Å²) in [5.41, 5.74) is -0.474. The Bertz CT molecular complexity index is 239. The van der Waals surface area contributed by atoms with E-state index in [0.29, 0.717) is 0 Å². The number of carbonyl (C=O) groups excluding carboxylic acids is 1. The van der Waals surface area contributed by atoms with Crippen molar-refractivity contribution in [3.8, 4) is 0 Å². The second-order valence-electron chi connectivity index (χ2n) is 5.36. The molecular weight excluding hydrogens is 206 g/mol. The molecule has 1 amide bonds. The normalized spacial score (nSPS) is 18.1. The van der Waals surface area contributed by atoms with E-state index < -0.39 is 5.60 Å². The Morgan fingerprint density at radius 2 is 2.06 bits per heavy atom. The van der Waals surface area contributed by atoms with E-state index in [0.717, 1.165) is 19.3 Å². The fraction of sp³-hybridized carbons (Fsp3) is 0.917. The number of amides is 1. The zero-order valence-electron chi connectivity index (χ0n) is 10.7. The van der Waals surface area contributed by atoms with Crippen molar-refractivity contribution >= 4 is 6.09 Å². The van der Waals surface area contributed by atoms with Gasteiger partial charge in [-0.25, -0.2) is 4.79 Å². The topological polar surface area (TPSA) is 49.8 Å². The van der Waals surface area contributed by atoms with Crippen LogP contribution in [0.4, 0.5) is 4.79 Å². The minimum absolute atomic E-state index is 0.00619.